The number of carbonyl (C=O) groups excluding carboxylic acids is 1. The fourth-order valence-corrected chi connectivity index (χ4v) is 8.18. The van der Waals surface area contributed by atoms with Crippen molar-refractivity contribution in [2.75, 3.05) is 19.8 Å². The van der Waals surface area contributed by atoms with Crippen molar-refractivity contribution >= 4 is 5.97 Å². The van der Waals surface area contributed by atoms with E-state index in [1.54, 1.807) is 0 Å². The first-order valence-electron chi connectivity index (χ1n) is 11.0. The van der Waals surface area contributed by atoms with Crippen LogP contribution < -0.4 is 5.73 Å². The molecule has 0 aromatic rings. The lowest BCUT2D eigenvalue weighted by atomic mass is 9.39. The van der Waals surface area contributed by atoms with Gasteiger partial charge in [-0.1, -0.05) is 13.8 Å². The Labute approximate surface area is 167 Å². The van der Waals surface area contributed by atoms with Crippen molar-refractivity contribution in [1.29, 1.82) is 0 Å². The second kappa shape index (κ2) is 6.66. The van der Waals surface area contributed by atoms with Crippen molar-refractivity contribution in [3.8, 4) is 0 Å². The van der Waals surface area contributed by atoms with E-state index >= 15 is 0 Å². The molecule has 5 N–H and O–H groups in total. The molecule has 8 atom stereocenters. The van der Waals surface area contributed by atoms with Gasteiger partial charge in [-0.3, -0.25) is 4.79 Å². The summed E-state index contributed by atoms with van der Waals surface area (Å²) in [5.74, 6) is 0.539. The average Bonchev–Trinajstić information content (AvgIpc) is 3.04. The number of hydrogen-bond donors (Lipinski definition) is 4. The van der Waals surface area contributed by atoms with Crippen molar-refractivity contribution in [2.45, 2.75) is 76.9 Å². The zero-order chi connectivity index (χ0) is 20.4. The smallest absolute Gasteiger partial charge is 0.319 e. The normalized spacial score (nSPS) is 52.6. The number of rotatable bonds is 4. The lowest BCUT2D eigenvalue weighted by molar-refractivity contribution is -0.217. The summed E-state index contributed by atoms with van der Waals surface area (Å²) in [6, 6.07) is 0. The van der Waals surface area contributed by atoms with Gasteiger partial charge in [-0.15, -0.1) is 0 Å². The molecule has 0 heterocycles. The molecular weight excluding hydrogens is 358 g/mol. The minimum atomic E-state index is -0.951. The Hall–Kier alpha value is -0.690. The Balaban J connectivity index is 1.62. The van der Waals surface area contributed by atoms with Gasteiger partial charge in [0.2, 0.25) is 0 Å². The Kier molecular flexibility index (Phi) is 4.89. The SMILES string of the molecule is C[C@@]1(CO)[C@@H](O)CC[C@@]2(C)[C@H]1CC[C@H]1C[C@H]3C[C@@]12CC[C@]3(O)COC(=O)CN. The molecule has 4 rings (SSSR count). The molecule has 4 aliphatic carbocycles. The fraction of sp³-hybridized carbons (Fsp3) is 0.955. The third kappa shape index (κ3) is 2.57. The van der Waals surface area contributed by atoms with Crippen molar-refractivity contribution < 1.29 is 24.9 Å². The van der Waals surface area contributed by atoms with E-state index in [9.17, 15) is 20.1 Å². The van der Waals surface area contributed by atoms with Gasteiger partial charge in [-0.2, -0.15) is 0 Å². The minimum Gasteiger partial charge on any atom is -0.462 e. The number of aliphatic hydroxyl groups excluding tert-OH is 2. The van der Waals surface area contributed by atoms with Gasteiger partial charge in [0, 0.05) is 5.41 Å². The van der Waals surface area contributed by atoms with E-state index in [-0.39, 0.29) is 36.5 Å². The van der Waals surface area contributed by atoms with Crippen LogP contribution in [0.2, 0.25) is 0 Å². The highest BCUT2D eigenvalue weighted by Gasteiger charge is 2.70. The maximum atomic E-state index is 11.5. The number of aliphatic hydroxyl groups is 3. The van der Waals surface area contributed by atoms with Crippen LogP contribution in [0.25, 0.3) is 0 Å². The van der Waals surface area contributed by atoms with E-state index in [2.05, 4.69) is 13.8 Å². The highest BCUT2D eigenvalue weighted by atomic mass is 16.5. The highest BCUT2D eigenvalue weighted by Crippen LogP contribution is 2.75. The van der Waals surface area contributed by atoms with E-state index in [4.69, 9.17) is 10.5 Å². The first-order chi connectivity index (χ1) is 13.1. The van der Waals surface area contributed by atoms with E-state index in [1.165, 1.54) is 0 Å². The molecule has 4 aliphatic rings. The molecule has 0 radical (unpaired) electrons. The monoisotopic (exact) mass is 395 g/mol. The standard InChI is InChI=1S/C22H37NO5/c1-19(12-24)16-4-3-14-9-15-10-21(14,20(16,2)6-5-17(19)25)7-8-22(15,27)13-28-18(26)11-23/h14-17,24-25,27H,3-13,23H2,1-2H3/t14-,15-,16-,17-,19-,20-,21-,22-/m0/s1. The van der Waals surface area contributed by atoms with Crippen LogP contribution in [0.1, 0.15) is 65.2 Å². The van der Waals surface area contributed by atoms with E-state index in [1.807, 2.05) is 0 Å². The van der Waals surface area contributed by atoms with Crippen LogP contribution in [-0.2, 0) is 9.53 Å². The second-order valence-corrected chi connectivity index (χ2v) is 10.7. The Morgan fingerprint density at radius 2 is 1.89 bits per heavy atom. The van der Waals surface area contributed by atoms with Crippen LogP contribution in [0.5, 0.6) is 0 Å². The molecule has 4 fully saturated rings. The molecule has 0 unspecified atom stereocenters. The van der Waals surface area contributed by atoms with Crippen LogP contribution in [0, 0.1) is 34.0 Å². The van der Waals surface area contributed by atoms with E-state index in [0.29, 0.717) is 18.3 Å². The van der Waals surface area contributed by atoms with Gasteiger partial charge in [0.1, 0.15) is 12.2 Å². The number of esters is 1. The molecule has 4 saturated carbocycles. The van der Waals surface area contributed by atoms with Crippen LogP contribution in [0.15, 0.2) is 0 Å². The summed E-state index contributed by atoms with van der Waals surface area (Å²) in [4.78, 5) is 11.5. The Morgan fingerprint density at radius 1 is 1.14 bits per heavy atom. The number of nitrogens with two attached hydrogens (primary N) is 1. The summed E-state index contributed by atoms with van der Waals surface area (Å²) in [7, 11) is 0. The summed E-state index contributed by atoms with van der Waals surface area (Å²) in [5, 5.41) is 32.2. The molecule has 0 aromatic heterocycles. The third-order valence-corrected chi connectivity index (χ3v) is 9.92. The summed E-state index contributed by atoms with van der Waals surface area (Å²) in [6.45, 7) is 4.37. The molecule has 6 heteroatoms. The average molecular weight is 396 g/mol. The van der Waals surface area contributed by atoms with Crippen molar-refractivity contribution in [3.05, 3.63) is 0 Å². The van der Waals surface area contributed by atoms with Gasteiger partial charge in [-0.05, 0) is 80.0 Å². The summed E-state index contributed by atoms with van der Waals surface area (Å²) in [5.41, 5.74) is 4.16. The zero-order valence-corrected chi connectivity index (χ0v) is 17.3. The van der Waals surface area contributed by atoms with Crippen LogP contribution >= 0.6 is 0 Å². The number of hydrogen-bond acceptors (Lipinski definition) is 6. The summed E-state index contributed by atoms with van der Waals surface area (Å²) < 4.78 is 5.25. The van der Waals surface area contributed by atoms with Crippen LogP contribution in [-0.4, -0.2) is 52.8 Å². The van der Waals surface area contributed by atoms with Gasteiger partial charge >= 0.3 is 5.97 Å². The Bertz CT molecular complexity index is 642. The van der Waals surface area contributed by atoms with Crippen LogP contribution in [0.4, 0.5) is 0 Å². The topological polar surface area (TPSA) is 113 Å². The molecule has 0 aromatic carbocycles. The molecule has 2 bridgehead atoms. The molecule has 160 valence electrons. The van der Waals surface area contributed by atoms with Crippen molar-refractivity contribution in [1.82, 2.24) is 0 Å². The van der Waals surface area contributed by atoms with Gasteiger partial charge in [0.15, 0.2) is 0 Å². The molecule has 28 heavy (non-hydrogen) atoms. The molecule has 6 nitrogen and oxygen atoms in total. The maximum absolute atomic E-state index is 11.5. The van der Waals surface area contributed by atoms with Gasteiger partial charge < -0.3 is 25.8 Å². The fourth-order valence-electron chi connectivity index (χ4n) is 8.18. The first kappa shape index (κ1) is 20.6. The summed E-state index contributed by atoms with van der Waals surface area (Å²) >= 11 is 0. The first-order valence-corrected chi connectivity index (χ1v) is 11.0. The molecule has 0 aliphatic heterocycles. The predicted molar refractivity (Wildman–Crippen MR) is 104 cm³/mol. The van der Waals surface area contributed by atoms with E-state index in [0.717, 1.165) is 44.9 Å². The van der Waals surface area contributed by atoms with E-state index < -0.39 is 23.1 Å². The van der Waals surface area contributed by atoms with Crippen molar-refractivity contribution in [2.24, 2.45) is 39.7 Å². The zero-order valence-electron chi connectivity index (χ0n) is 17.3. The largest absolute Gasteiger partial charge is 0.462 e. The second-order valence-electron chi connectivity index (χ2n) is 10.7. The predicted octanol–water partition coefficient (Wildman–Crippen LogP) is 1.60. The van der Waals surface area contributed by atoms with Crippen molar-refractivity contribution in [3.63, 3.8) is 0 Å². The maximum Gasteiger partial charge on any atom is 0.319 e. The molecule has 0 amide bonds. The number of fused-ring (bicyclic) bond motifs is 2. The lowest BCUT2D eigenvalue weighted by Gasteiger charge is -2.66. The van der Waals surface area contributed by atoms with Gasteiger partial charge in [0.05, 0.1) is 19.3 Å². The van der Waals surface area contributed by atoms with Gasteiger partial charge in [-0.25, -0.2) is 0 Å². The molecular formula is C22H37NO5. The molecule has 0 saturated heterocycles. The quantitative estimate of drug-likeness (QED) is 0.538. The lowest BCUT2D eigenvalue weighted by Crippen LogP contribution is -2.63. The number of carbonyl (C=O) groups is 1. The highest BCUT2D eigenvalue weighted by molar-refractivity contribution is 5.71. The minimum absolute atomic E-state index is 0.0254. The van der Waals surface area contributed by atoms with Gasteiger partial charge in [0.25, 0.3) is 0 Å². The van der Waals surface area contributed by atoms with Crippen LogP contribution in [0.3, 0.4) is 0 Å². The number of ether oxygens (including phenoxy) is 1. The summed E-state index contributed by atoms with van der Waals surface area (Å²) in [6.07, 6.45) is 6.91. The third-order valence-electron chi connectivity index (χ3n) is 9.92. The molecule has 1 spiro atoms. The Morgan fingerprint density at radius 3 is 2.57 bits per heavy atom.